The first-order chi connectivity index (χ1) is 7.74. The molecular formula is C11H6N2O2Se. The minimum atomic E-state index is -0.508. The molecule has 0 atom stereocenters. The molecule has 5 heteroatoms. The molecule has 0 saturated heterocycles. The molecule has 0 amide bonds. The molecule has 0 aliphatic carbocycles. The van der Waals surface area contributed by atoms with Crippen molar-refractivity contribution in [1.29, 1.82) is 5.26 Å². The Hall–Kier alpha value is -1.89. The van der Waals surface area contributed by atoms with Gasteiger partial charge in [0, 0.05) is 0 Å². The summed E-state index contributed by atoms with van der Waals surface area (Å²) in [7, 11) is 0. The van der Waals surface area contributed by atoms with Crippen LogP contribution in [-0.2, 0) is 0 Å². The van der Waals surface area contributed by atoms with Crippen LogP contribution in [-0.4, -0.2) is 19.9 Å². The van der Waals surface area contributed by atoms with Crippen LogP contribution in [0, 0.1) is 20.3 Å². The van der Waals surface area contributed by atoms with Crippen molar-refractivity contribution in [3.05, 3.63) is 46.5 Å². The molecule has 2 aromatic rings. The van der Waals surface area contributed by atoms with Gasteiger partial charge in [-0.25, -0.2) is 0 Å². The SMILES string of the molecule is N#C[Se]c1ccc2ccccc2c1[N+](=O)[O-]. The van der Waals surface area contributed by atoms with E-state index < -0.39 is 19.9 Å². The topological polar surface area (TPSA) is 66.9 Å². The second-order valence-electron chi connectivity index (χ2n) is 3.08. The summed E-state index contributed by atoms with van der Waals surface area (Å²) in [5.41, 5.74) is 0.0691. The molecule has 0 spiro atoms. The quantitative estimate of drug-likeness (QED) is 0.475. The molecule has 2 aromatic carbocycles. The number of benzene rings is 2. The van der Waals surface area contributed by atoms with Crippen LogP contribution in [0.15, 0.2) is 36.4 Å². The molecule has 16 heavy (non-hydrogen) atoms. The molecule has 0 aliphatic heterocycles. The Morgan fingerprint density at radius 3 is 2.69 bits per heavy atom. The monoisotopic (exact) mass is 278 g/mol. The number of nitro groups is 1. The fraction of sp³-hybridized carbons (Fsp3) is 0. The van der Waals surface area contributed by atoms with Gasteiger partial charge in [0.05, 0.1) is 0 Å². The van der Waals surface area contributed by atoms with E-state index >= 15 is 0 Å². The van der Waals surface area contributed by atoms with Crippen LogP contribution in [0.4, 0.5) is 5.69 Å². The van der Waals surface area contributed by atoms with Gasteiger partial charge in [-0.1, -0.05) is 0 Å². The first-order valence-corrected chi connectivity index (χ1v) is 6.17. The fourth-order valence-electron chi connectivity index (χ4n) is 1.55. The summed E-state index contributed by atoms with van der Waals surface area (Å²) >= 11 is -0.508. The van der Waals surface area contributed by atoms with Crippen LogP contribution >= 0.6 is 0 Å². The van der Waals surface area contributed by atoms with Crippen LogP contribution in [0.1, 0.15) is 0 Å². The maximum atomic E-state index is 11.0. The number of nitriles is 1. The fourth-order valence-corrected chi connectivity index (χ4v) is 2.64. The standard InChI is InChI=1S/C11H6N2O2Se/c12-7-16-10-6-5-8-3-1-2-4-9(8)11(10)13(14)15/h1-6H. The molecule has 0 bridgehead atoms. The molecule has 0 aliphatic rings. The van der Waals surface area contributed by atoms with Crippen LogP contribution in [0.2, 0.25) is 0 Å². The molecule has 0 fully saturated rings. The van der Waals surface area contributed by atoms with Crippen LogP contribution < -0.4 is 4.46 Å². The zero-order valence-electron chi connectivity index (χ0n) is 8.08. The van der Waals surface area contributed by atoms with Crippen molar-refractivity contribution in [2.75, 3.05) is 0 Å². The summed E-state index contributed by atoms with van der Waals surface area (Å²) < 4.78 is 0.527. The third kappa shape index (κ3) is 1.76. The van der Waals surface area contributed by atoms with Crippen molar-refractivity contribution in [1.82, 2.24) is 0 Å². The molecule has 0 radical (unpaired) electrons. The average Bonchev–Trinajstić information content (AvgIpc) is 2.28. The van der Waals surface area contributed by atoms with Gasteiger partial charge in [0.25, 0.3) is 0 Å². The van der Waals surface area contributed by atoms with Crippen molar-refractivity contribution in [2.45, 2.75) is 0 Å². The second kappa shape index (κ2) is 4.31. The van der Waals surface area contributed by atoms with Gasteiger partial charge >= 0.3 is 97.5 Å². The van der Waals surface area contributed by atoms with Gasteiger partial charge < -0.3 is 0 Å². The minimum absolute atomic E-state index is 0.0691. The maximum absolute atomic E-state index is 11.0. The number of nitro benzene ring substituents is 1. The van der Waals surface area contributed by atoms with Gasteiger partial charge in [0.15, 0.2) is 0 Å². The Kier molecular flexibility index (Phi) is 2.86. The number of fused-ring (bicyclic) bond motifs is 1. The predicted molar refractivity (Wildman–Crippen MR) is 61.6 cm³/mol. The average molecular weight is 277 g/mol. The zero-order chi connectivity index (χ0) is 11.5. The second-order valence-corrected chi connectivity index (χ2v) is 4.82. The van der Waals surface area contributed by atoms with Crippen molar-refractivity contribution < 1.29 is 4.92 Å². The van der Waals surface area contributed by atoms with Crippen LogP contribution in [0.3, 0.4) is 0 Å². The van der Waals surface area contributed by atoms with E-state index in [1.165, 1.54) is 0 Å². The Bertz CT molecular complexity index is 604. The number of hydrogen-bond donors (Lipinski definition) is 0. The summed E-state index contributed by atoms with van der Waals surface area (Å²) in [5.74, 6) is 0. The van der Waals surface area contributed by atoms with Gasteiger partial charge in [0.1, 0.15) is 0 Å². The van der Waals surface area contributed by atoms with Crippen molar-refractivity contribution in [3.8, 4) is 4.97 Å². The zero-order valence-corrected chi connectivity index (χ0v) is 9.80. The van der Waals surface area contributed by atoms with E-state index in [0.29, 0.717) is 9.85 Å². The van der Waals surface area contributed by atoms with E-state index in [-0.39, 0.29) is 5.69 Å². The van der Waals surface area contributed by atoms with Crippen molar-refractivity contribution in [3.63, 3.8) is 0 Å². The number of rotatable bonds is 2. The number of nitrogens with zero attached hydrogens (tertiary/aromatic N) is 2. The van der Waals surface area contributed by atoms with E-state index in [0.717, 1.165) is 5.39 Å². The Labute approximate surface area is 97.8 Å². The molecule has 0 aromatic heterocycles. The van der Waals surface area contributed by atoms with E-state index in [9.17, 15) is 10.1 Å². The Morgan fingerprint density at radius 2 is 2.00 bits per heavy atom. The molecular weight excluding hydrogens is 271 g/mol. The summed E-state index contributed by atoms with van der Waals surface area (Å²) in [6.07, 6.45) is 0. The Balaban J connectivity index is 2.80. The summed E-state index contributed by atoms with van der Waals surface area (Å²) in [6.45, 7) is 0. The van der Waals surface area contributed by atoms with Gasteiger partial charge in [-0.05, 0) is 0 Å². The van der Waals surface area contributed by atoms with E-state index in [1.807, 2.05) is 23.2 Å². The molecule has 78 valence electrons. The third-order valence-corrected chi connectivity index (χ3v) is 3.55. The number of hydrogen-bond acceptors (Lipinski definition) is 3. The first kappa shape index (κ1) is 10.6. The van der Waals surface area contributed by atoms with Crippen LogP contribution in [0.5, 0.6) is 0 Å². The van der Waals surface area contributed by atoms with Gasteiger partial charge in [0.2, 0.25) is 0 Å². The van der Waals surface area contributed by atoms with Crippen LogP contribution in [0.25, 0.3) is 10.8 Å². The molecule has 0 unspecified atom stereocenters. The normalized spacial score (nSPS) is 9.94. The molecule has 4 nitrogen and oxygen atoms in total. The molecule has 0 saturated carbocycles. The molecule has 0 heterocycles. The van der Waals surface area contributed by atoms with Gasteiger partial charge in [-0.3, -0.25) is 0 Å². The van der Waals surface area contributed by atoms with E-state index in [4.69, 9.17) is 5.26 Å². The Morgan fingerprint density at radius 1 is 1.25 bits per heavy atom. The molecule has 2 rings (SSSR count). The predicted octanol–water partition coefficient (Wildman–Crippen LogP) is 1.56. The van der Waals surface area contributed by atoms with Gasteiger partial charge in [-0.2, -0.15) is 0 Å². The van der Waals surface area contributed by atoms with E-state index in [2.05, 4.69) is 0 Å². The molecule has 0 N–H and O–H groups in total. The summed E-state index contributed by atoms with van der Waals surface area (Å²) in [4.78, 5) is 12.6. The third-order valence-electron chi connectivity index (χ3n) is 2.20. The van der Waals surface area contributed by atoms with E-state index in [1.54, 1.807) is 18.2 Å². The van der Waals surface area contributed by atoms with Crippen molar-refractivity contribution in [2.24, 2.45) is 0 Å². The summed E-state index contributed by atoms with van der Waals surface area (Å²) in [6, 6.07) is 10.6. The van der Waals surface area contributed by atoms with Gasteiger partial charge in [-0.15, -0.1) is 0 Å². The van der Waals surface area contributed by atoms with Crippen molar-refractivity contribution >= 4 is 35.9 Å². The first-order valence-electron chi connectivity index (χ1n) is 4.46. The summed E-state index contributed by atoms with van der Waals surface area (Å²) in [5, 5.41) is 21.1.